The summed E-state index contributed by atoms with van der Waals surface area (Å²) in [4.78, 5) is 17.9. The molecule has 1 aromatic rings. The summed E-state index contributed by atoms with van der Waals surface area (Å²) in [5, 5.41) is 9.11. The van der Waals surface area contributed by atoms with E-state index in [2.05, 4.69) is 4.98 Å². The van der Waals surface area contributed by atoms with Crippen molar-refractivity contribution in [2.24, 2.45) is 5.41 Å². The van der Waals surface area contributed by atoms with Crippen LogP contribution >= 0.6 is 0 Å². The van der Waals surface area contributed by atoms with E-state index in [1.807, 2.05) is 6.07 Å². The zero-order valence-corrected chi connectivity index (χ0v) is 12.2. The van der Waals surface area contributed by atoms with Crippen molar-refractivity contribution in [3.63, 3.8) is 0 Å². The molecule has 1 fully saturated rings. The van der Waals surface area contributed by atoms with Crippen molar-refractivity contribution in [1.29, 1.82) is 5.26 Å². The van der Waals surface area contributed by atoms with Crippen LogP contribution in [0.3, 0.4) is 0 Å². The lowest BCUT2D eigenvalue weighted by atomic mass is 9.91. The van der Waals surface area contributed by atoms with Gasteiger partial charge in [-0.15, -0.1) is 0 Å². The molecule has 3 heterocycles. The molecule has 0 aliphatic carbocycles. The first-order valence-corrected chi connectivity index (χ1v) is 7.00. The number of aromatic nitrogens is 1. The topological polar surface area (TPSA) is 66.2 Å². The minimum atomic E-state index is -2.75. The average Bonchev–Trinajstić information content (AvgIpc) is 2.83. The van der Waals surface area contributed by atoms with Gasteiger partial charge in [-0.2, -0.15) is 5.26 Å². The predicted molar refractivity (Wildman–Crippen MR) is 72.2 cm³/mol. The van der Waals surface area contributed by atoms with Crippen LogP contribution in [0.2, 0.25) is 0 Å². The summed E-state index contributed by atoms with van der Waals surface area (Å²) in [5.74, 6) is -0.183. The number of pyridine rings is 1. The molecule has 1 aromatic heterocycles. The molecule has 0 radical (unpaired) electrons. The van der Waals surface area contributed by atoms with Crippen molar-refractivity contribution in [3.8, 4) is 11.8 Å². The normalized spacial score (nSPS) is 23.0. The largest absolute Gasteiger partial charge is 0.487 e. The number of carbonyl (C=O) groups is 1. The predicted octanol–water partition coefficient (Wildman–Crippen LogP) is 2.28. The summed E-state index contributed by atoms with van der Waals surface area (Å²) in [5.41, 5.74) is -0.835. The van der Waals surface area contributed by atoms with Gasteiger partial charge in [0.15, 0.2) is 0 Å². The molecule has 2 aliphatic heterocycles. The Morgan fingerprint density at radius 1 is 1.55 bits per heavy atom. The van der Waals surface area contributed by atoms with E-state index in [1.165, 1.54) is 31.1 Å². The SMILES string of the molecule is CC(C)(C(=O)N1C[C@@H]2C[C@H]1c1cncc(C#N)c1O2)C(F)F. The smallest absolute Gasteiger partial charge is 0.252 e. The van der Waals surface area contributed by atoms with Crippen LogP contribution in [-0.2, 0) is 4.79 Å². The fourth-order valence-electron chi connectivity index (χ4n) is 2.95. The Balaban J connectivity index is 1.99. The number of rotatable bonds is 2. The summed E-state index contributed by atoms with van der Waals surface area (Å²) in [6, 6.07) is 1.64. The third-order valence-electron chi connectivity index (χ3n) is 4.31. The van der Waals surface area contributed by atoms with Gasteiger partial charge < -0.3 is 9.64 Å². The van der Waals surface area contributed by atoms with Gasteiger partial charge in [0.1, 0.15) is 28.9 Å². The van der Waals surface area contributed by atoms with Gasteiger partial charge in [-0.05, 0) is 13.8 Å². The number of fused-ring (bicyclic) bond motifs is 4. The Bertz CT molecular complexity index is 669. The lowest BCUT2D eigenvalue weighted by Gasteiger charge is -2.32. The van der Waals surface area contributed by atoms with Gasteiger partial charge >= 0.3 is 0 Å². The summed E-state index contributed by atoms with van der Waals surface area (Å²) in [7, 11) is 0. The summed E-state index contributed by atoms with van der Waals surface area (Å²) in [6.07, 6.45) is 0.458. The second kappa shape index (κ2) is 4.90. The number of carbonyl (C=O) groups excluding carboxylic acids is 1. The van der Waals surface area contributed by atoms with Gasteiger partial charge in [-0.25, -0.2) is 8.78 Å². The van der Waals surface area contributed by atoms with Gasteiger partial charge in [0, 0.05) is 24.4 Å². The number of hydrogen-bond donors (Lipinski definition) is 0. The highest BCUT2D eigenvalue weighted by Crippen LogP contribution is 2.46. The van der Waals surface area contributed by atoms with E-state index in [1.54, 1.807) is 0 Å². The third kappa shape index (κ3) is 2.02. The molecule has 5 nitrogen and oxygen atoms in total. The molecule has 0 saturated carbocycles. The molecular formula is C15H15F2N3O2. The first kappa shape index (κ1) is 14.7. The number of alkyl halides is 2. The Morgan fingerprint density at radius 2 is 2.27 bits per heavy atom. The minimum absolute atomic E-state index is 0.249. The maximum Gasteiger partial charge on any atom is 0.252 e. The molecule has 22 heavy (non-hydrogen) atoms. The van der Waals surface area contributed by atoms with Crippen molar-refractivity contribution in [3.05, 3.63) is 23.5 Å². The summed E-state index contributed by atoms with van der Waals surface area (Å²) < 4.78 is 32.0. The maximum absolute atomic E-state index is 13.1. The van der Waals surface area contributed by atoms with E-state index >= 15 is 0 Å². The van der Waals surface area contributed by atoms with E-state index in [0.717, 1.165) is 0 Å². The van der Waals surface area contributed by atoms with Gasteiger partial charge in [0.25, 0.3) is 6.43 Å². The summed E-state index contributed by atoms with van der Waals surface area (Å²) in [6.45, 7) is 2.74. The Morgan fingerprint density at radius 3 is 2.91 bits per heavy atom. The molecule has 2 bridgehead atoms. The summed E-state index contributed by atoms with van der Waals surface area (Å²) >= 11 is 0. The monoisotopic (exact) mass is 307 g/mol. The molecule has 7 heteroatoms. The number of hydrogen-bond acceptors (Lipinski definition) is 4. The highest BCUT2D eigenvalue weighted by molar-refractivity contribution is 5.83. The number of ether oxygens (including phenoxy) is 1. The Labute approximate surface area is 126 Å². The fraction of sp³-hybridized carbons (Fsp3) is 0.533. The number of nitrogens with zero attached hydrogens (tertiary/aromatic N) is 3. The van der Waals surface area contributed by atoms with Crippen LogP contribution in [0.1, 0.15) is 37.4 Å². The van der Waals surface area contributed by atoms with Gasteiger partial charge in [0.2, 0.25) is 5.91 Å². The van der Waals surface area contributed by atoms with E-state index in [9.17, 15) is 13.6 Å². The van der Waals surface area contributed by atoms with E-state index < -0.39 is 17.7 Å². The van der Waals surface area contributed by atoms with Crippen LogP contribution in [0.25, 0.3) is 0 Å². The molecule has 2 atom stereocenters. The zero-order chi connectivity index (χ0) is 16.1. The van der Waals surface area contributed by atoms with Crippen molar-refractivity contribution in [2.75, 3.05) is 6.54 Å². The molecule has 1 amide bonds. The first-order chi connectivity index (χ1) is 10.4. The molecule has 0 spiro atoms. The van der Waals surface area contributed by atoms with Gasteiger partial charge in [0.05, 0.1) is 12.6 Å². The zero-order valence-electron chi connectivity index (χ0n) is 12.2. The highest BCUT2D eigenvalue weighted by atomic mass is 19.3. The Hall–Kier alpha value is -2.23. The molecule has 3 rings (SSSR count). The molecule has 0 N–H and O–H groups in total. The van der Waals surface area contributed by atoms with Crippen molar-refractivity contribution in [2.45, 2.75) is 38.8 Å². The fourth-order valence-corrected chi connectivity index (χ4v) is 2.95. The standard InChI is InChI=1S/C15H15F2N3O2/c1-15(2,13(16)17)14(21)20-7-9-3-11(20)10-6-19-5-8(4-18)12(10)22-9/h5-6,9,11,13H,3,7H2,1-2H3/t9-,11-/m0/s1. The second-order valence-electron chi connectivity index (χ2n) is 6.19. The highest BCUT2D eigenvalue weighted by Gasteiger charge is 2.49. The van der Waals surface area contributed by atoms with Crippen LogP contribution in [0.4, 0.5) is 8.78 Å². The van der Waals surface area contributed by atoms with Crippen molar-refractivity contribution < 1.29 is 18.3 Å². The molecule has 116 valence electrons. The van der Waals surface area contributed by atoms with Crippen molar-refractivity contribution >= 4 is 5.91 Å². The molecular weight excluding hydrogens is 292 g/mol. The third-order valence-corrected chi connectivity index (χ3v) is 4.31. The van der Waals surface area contributed by atoms with E-state index in [4.69, 9.17) is 10.00 Å². The number of halogens is 2. The van der Waals surface area contributed by atoms with E-state index in [-0.39, 0.29) is 18.7 Å². The first-order valence-electron chi connectivity index (χ1n) is 7.00. The quantitative estimate of drug-likeness (QED) is 0.840. The molecule has 2 aliphatic rings. The van der Waals surface area contributed by atoms with Crippen LogP contribution in [-0.4, -0.2) is 34.9 Å². The van der Waals surface area contributed by atoms with Crippen LogP contribution in [0.15, 0.2) is 12.4 Å². The second-order valence-corrected chi connectivity index (χ2v) is 6.19. The molecule has 0 aromatic carbocycles. The number of amides is 1. The van der Waals surface area contributed by atoms with Gasteiger partial charge in [-0.1, -0.05) is 0 Å². The molecule has 1 saturated heterocycles. The number of nitriles is 1. The van der Waals surface area contributed by atoms with Crippen LogP contribution < -0.4 is 4.74 Å². The van der Waals surface area contributed by atoms with E-state index in [0.29, 0.717) is 23.3 Å². The lowest BCUT2D eigenvalue weighted by molar-refractivity contribution is -0.149. The average molecular weight is 307 g/mol. The van der Waals surface area contributed by atoms with Crippen LogP contribution in [0.5, 0.6) is 5.75 Å². The maximum atomic E-state index is 13.1. The lowest BCUT2D eigenvalue weighted by Crippen LogP contribution is -2.44. The molecule has 0 unspecified atom stereocenters. The van der Waals surface area contributed by atoms with Crippen molar-refractivity contribution in [1.82, 2.24) is 9.88 Å². The van der Waals surface area contributed by atoms with Crippen LogP contribution in [0, 0.1) is 16.7 Å². The minimum Gasteiger partial charge on any atom is -0.487 e. The number of likely N-dealkylation sites (tertiary alicyclic amines) is 1. The Kier molecular flexibility index (Phi) is 3.28. The van der Waals surface area contributed by atoms with Gasteiger partial charge in [-0.3, -0.25) is 9.78 Å².